The molecule has 3 aromatic rings. The number of imide groups is 2. The number of carbonyl (C=O) groups excluding carboxylic acids is 3. The molecule has 1 fully saturated rings. The summed E-state index contributed by atoms with van der Waals surface area (Å²) in [4.78, 5) is 39.1. The van der Waals surface area contributed by atoms with E-state index in [-0.39, 0.29) is 12.2 Å². The minimum atomic E-state index is -0.813. The Hall–Kier alpha value is -3.63. The Morgan fingerprint density at radius 1 is 0.895 bits per heavy atom. The fraction of sp³-hybridized carbons (Fsp3) is 0.179. The lowest BCUT2D eigenvalue weighted by Crippen LogP contribution is -2.54. The summed E-state index contributed by atoms with van der Waals surface area (Å²) >= 11 is 6.83. The van der Waals surface area contributed by atoms with Crippen LogP contribution in [0.15, 0.2) is 75.2 Å². The average Bonchev–Trinajstić information content (AvgIpc) is 2.88. The van der Waals surface area contributed by atoms with E-state index >= 15 is 0 Å². The Kier molecular flexibility index (Phi) is 8.85. The van der Waals surface area contributed by atoms with Crippen molar-refractivity contribution in [3.63, 3.8) is 0 Å². The monoisotopic (exact) mass is 642 g/mol. The van der Waals surface area contributed by atoms with Crippen molar-refractivity contribution in [2.24, 2.45) is 0 Å². The second-order valence-corrected chi connectivity index (χ2v) is 9.98. The third-order valence-electron chi connectivity index (χ3n) is 5.45. The Labute approximate surface area is 236 Å². The Bertz CT molecular complexity index is 1390. The van der Waals surface area contributed by atoms with Crippen molar-refractivity contribution in [1.82, 2.24) is 5.32 Å². The number of urea groups is 1. The van der Waals surface area contributed by atoms with E-state index in [0.717, 1.165) is 20.7 Å². The van der Waals surface area contributed by atoms with Crippen molar-refractivity contribution in [3.8, 4) is 17.2 Å². The predicted molar refractivity (Wildman–Crippen MR) is 151 cm³/mol. The summed E-state index contributed by atoms with van der Waals surface area (Å²) in [6, 6.07) is 16.9. The van der Waals surface area contributed by atoms with E-state index in [1.807, 2.05) is 38.1 Å². The van der Waals surface area contributed by atoms with Gasteiger partial charge in [-0.05, 0) is 89.9 Å². The molecular weight excluding hydrogens is 620 g/mol. The van der Waals surface area contributed by atoms with Crippen molar-refractivity contribution in [3.05, 3.63) is 86.3 Å². The van der Waals surface area contributed by atoms with Gasteiger partial charge in [-0.25, -0.2) is 9.69 Å². The molecule has 38 heavy (non-hydrogen) atoms. The highest BCUT2D eigenvalue weighted by molar-refractivity contribution is 9.10. The first-order chi connectivity index (χ1) is 18.3. The van der Waals surface area contributed by atoms with Gasteiger partial charge in [0.2, 0.25) is 0 Å². The molecule has 0 atom stereocenters. The van der Waals surface area contributed by atoms with Crippen LogP contribution in [-0.2, 0) is 9.59 Å². The highest BCUT2D eigenvalue weighted by Crippen LogP contribution is 2.38. The van der Waals surface area contributed by atoms with Crippen LogP contribution in [0, 0.1) is 6.92 Å². The van der Waals surface area contributed by atoms with E-state index < -0.39 is 17.8 Å². The Morgan fingerprint density at radius 3 is 2.26 bits per heavy atom. The molecule has 3 aromatic carbocycles. The standard InChI is InChI=1S/C28H24Br2N2O6/c1-3-36-24-16-18(15-23(30)25(24)38-13-12-37-21-10-4-17(2)5-11-21)14-22-26(33)31-28(35)32(27(22)34)20-8-6-19(29)7-9-20/h4-11,14-16H,3,12-13H2,1-2H3,(H,31,33,35)/b22-14-. The smallest absolute Gasteiger partial charge is 0.335 e. The lowest BCUT2D eigenvalue weighted by atomic mass is 10.1. The van der Waals surface area contributed by atoms with Gasteiger partial charge < -0.3 is 14.2 Å². The van der Waals surface area contributed by atoms with Crippen LogP contribution in [0.1, 0.15) is 18.1 Å². The summed E-state index contributed by atoms with van der Waals surface area (Å²) < 4.78 is 18.8. The third kappa shape index (κ3) is 6.43. The van der Waals surface area contributed by atoms with Gasteiger partial charge in [-0.15, -0.1) is 0 Å². The second-order valence-electron chi connectivity index (χ2n) is 8.21. The zero-order chi connectivity index (χ0) is 27.2. The molecule has 4 rings (SSSR count). The van der Waals surface area contributed by atoms with Crippen LogP contribution in [0.25, 0.3) is 6.08 Å². The number of hydrogen-bond donors (Lipinski definition) is 1. The number of rotatable bonds is 9. The van der Waals surface area contributed by atoms with Crippen LogP contribution in [-0.4, -0.2) is 37.7 Å². The van der Waals surface area contributed by atoms with E-state index in [9.17, 15) is 14.4 Å². The third-order valence-corrected chi connectivity index (χ3v) is 6.57. The number of anilines is 1. The van der Waals surface area contributed by atoms with Gasteiger partial charge in [0.1, 0.15) is 24.5 Å². The van der Waals surface area contributed by atoms with E-state index in [0.29, 0.717) is 40.4 Å². The van der Waals surface area contributed by atoms with Gasteiger partial charge in [-0.3, -0.25) is 14.9 Å². The molecule has 1 saturated heterocycles. The quantitative estimate of drug-likeness (QED) is 0.174. The summed E-state index contributed by atoms with van der Waals surface area (Å²) in [6.07, 6.45) is 1.41. The predicted octanol–water partition coefficient (Wildman–Crippen LogP) is 6.04. The number of halogens is 2. The number of amides is 4. The second kappa shape index (κ2) is 12.3. The van der Waals surface area contributed by atoms with Crippen LogP contribution < -0.4 is 24.4 Å². The highest BCUT2D eigenvalue weighted by Gasteiger charge is 2.36. The van der Waals surface area contributed by atoms with Gasteiger partial charge in [-0.1, -0.05) is 33.6 Å². The van der Waals surface area contributed by atoms with Crippen molar-refractivity contribution in [2.75, 3.05) is 24.7 Å². The van der Waals surface area contributed by atoms with Crippen molar-refractivity contribution in [1.29, 1.82) is 0 Å². The maximum atomic E-state index is 13.2. The normalized spacial score (nSPS) is 14.5. The first-order valence-corrected chi connectivity index (χ1v) is 13.3. The minimum absolute atomic E-state index is 0.193. The molecule has 4 amide bonds. The maximum Gasteiger partial charge on any atom is 0.335 e. The zero-order valence-electron chi connectivity index (χ0n) is 20.6. The summed E-state index contributed by atoms with van der Waals surface area (Å²) in [5.41, 5.74) is 1.80. The number of nitrogens with one attached hydrogen (secondary N) is 1. The van der Waals surface area contributed by atoms with Crippen LogP contribution >= 0.6 is 31.9 Å². The Balaban J connectivity index is 1.54. The fourth-order valence-electron chi connectivity index (χ4n) is 3.66. The number of barbiturate groups is 1. The van der Waals surface area contributed by atoms with Crippen LogP contribution in [0.3, 0.4) is 0 Å². The number of carbonyl (C=O) groups is 3. The molecule has 1 aliphatic rings. The number of hydrogen-bond acceptors (Lipinski definition) is 6. The summed E-state index contributed by atoms with van der Waals surface area (Å²) in [5, 5.41) is 2.23. The number of nitrogens with zero attached hydrogens (tertiary/aromatic N) is 1. The topological polar surface area (TPSA) is 94.2 Å². The minimum Gasteiger partial charge on any atom is -0.490 e. The van der Waals surface area contributed by atoms with Gasteiger partial charge >= 0.3 is 6.03 Å². The number of ether oxygens (including phenoxy) is 3. The van der Waals surface area contributed by atoms with Gasteiger partial charge in [0, 0.05) is 4.47 Å². The molecule has 0 aromatic heterocycles. The van der Waals surface area contributed by atoms with Crippen molar-refractivity contribution < 1.29 is 28.6 Å². The highest BCUT2D eigenvalue weighted by atomic mass is 79.9. The first-order valence-electron chi connectivity index (χ1n) is 11.7. The maximum absolute atomic E-state index is 13.2. The molecule has 0 spiro atoms. The largest absolute Gasteiger partial charge is 0.490 e. The SMILES string of the molecule is CCOc1cc(/C=C2/C(=O)NC(=O)N(c3ccc(Br)cc3)C2=O)cc(Br)c1OCCOc1ccc(C)cc1. The van der Waals surface area contributed by atoms with E-state index in [2.05, 4.69) is 37.2 Å². The molecule has 1 heterocycles. The van der Waals surface area contributed by atoms with Crippen LogP contribution in [0.5, 0.6) is 17.2 Å². The summed E-state index contributed by atoms with van der Waals surface area (Å²) in [6.45, 7) is 4.80. The lowest BCUT2D eigenvalue weighted by molar-refractivity contribution is -0.122. The van der Waals surface area contributed by atoms with Crippen LogP contribution in [0.2, 0.25) is 0 Å². The number of benzene rings is 3. The number of aryl methyl sites for hydroxylation is 1. The lowest BCUT2D eigenvalue weighted by Gasteiger charge is -2.26. The van der Waals surface area contributed by atoms with E-state index in [4.69, 9.17) is 14.2 Å². The molecule has 0 saturated carbocycles. The zero-order valence-corrected chi connectivity index (χ0v) is 23.8. The molecular formula is C28H24Br2N2O6. The van der Waals surface area contributed by atoms with Crippen molar-refractivity contribution in [2.45, 2.75) is 13.8 Å². The molecule has 196 valence electrons. The fourth-order valence-corrected chi connectivity index (χ4v) is 4.50. The van der Waals surface area contributed by atoms with Gasteiger partial charge in [-0.2, -0.15) is 0 Å². The molecule has 8 nitrogen and oxygen atoms in total. The first kappa shape index (κ1) is 27.4. The van der Waals surface area contributed by atoms with Crippen LogP contribution in [0.4, 0.5) is 10.5 Å². The Morgan fingerprint density at radius 2 is 1.58 bits per heavy atom. The molecule has 1 aliphatic heterocycles. The van der Waals surface area contributed by atoms with Gasteiger partial charge in [0.25, 0.3) is 11.8 Å². The van der Waals surface area contributed by atoms with Gasteiger partial charge in [0.05, 0.1) is 16.8 Å². The van der Waals surface area contributed by atoms with Gasteiger partial charge in [0.15, 0.2) is 11.5 Å². The molecule has 0 aliphatic carbocycles. The van der Waals surface area contributed by atoms with Crippen molar-refractivity contribution >= 4 is 61.5 Å². The molecule has 0 bridgehead atoms. The molecule has 0 unspecified atom stereocenters. The average molecular weight is 644 g/mol. The van der Waals surface area contributed by atoms with E-state index in [1.54, 1.807) is 36.4 Å². The molecule has 0 radical (unpaired) electrons. The van der Waals surface area contributed by atoms with E-state index in [1.165, 1.54) is 6.08 Å². The molecule has 1 N–H and O–H groups in total. The molecule has 10 heteroatoms. The summed E-state index contributed by atoms with van der Waals surface area (Å²) in [5.74, 6) is 0.122. The summed E-state index contributed by atoms with van der Waals surface area (Å²) in [7, 11) is 0.